The topological polar surface area (TPSA) is 49.7 Å². The molecule has 0 spiro atoms. The average molecular weight is 208 g/mol. The van der Waals surface area contributed by atoms with Crippen molar-refractivity contribution in [3.8, 4) is 5.75 Å². The number of allylic oxidation sites excluding steroid dienone is 1. The largest absolute Gasteiger partial charge is 0.490 e. The highest BCUT2D eigenvalue weighted by molar-refractivity contribution is 5.56. The zero-order valence-corrected chi connectivity index (χ0v) is 8.76. The second-order valence-corrected chi connectivity index (χ2v) is 3.19. The summed E-state index contributed by atoms with van der Waals surface area (Å²) < 4.78 is 5.38. The van der Waals surface area contributed by atoms with E-state index in [1.54, 1.807) is 0 Å². The minimum Gasteiger partial charge on any atom is -0.490 e. The normalized spacial score (nSPS) is 13.0. The smallest absolute Gasteiger partial charge is 0.126 e. The fourth-order valence-electron chi connectivity index (χ4n) is 1.17. The maximum Gasteiger partial charge on any atom is 0.126 e. The van der Waals surface area contributed by atoms with Crippen LogP contribution in [0.1, 0.15) is 12.5 Å². The molecule has 3 nitrogen and oxygen atoms in total. The Morgan fingerprint density at radius 2 is 2.13 bits per heavy atom. The molecule has 0 saturated carbocycles. The number of hydrogen-bond acceptors (Lipinski definition) is 3. The molecule has 0 heterocycles. The molecule has 82 valence electrons. The molecule has 0 aliphatic rings. The van der Waals surface area contributed by atoms with Crippen molar-refractivity contribution in [3.63, 3.8) is 0 Å². The number of ether oxygens (including phenoxy) is 1. The molecule has 1 unspecified atom stereocenters. The third-order valence-corrected chi connectivity index (χ3v) is 1.91. The molecule has 2 N–H and O–H groups in total. The lowest BCUT2D eigenvalue weighted by molar-refractivity contribution is 0.0535. The molecule has 1 rings (SSSR count). The van der Waals surface area contributed by atoms with Crippen molar-refractivity contribution in [3.05, 3.63) is 35.9 Å². The van der Waals surface area contributed by atoms with Crippen LogP contribution in [0.4, 0.5) is 0 Å². The fourth-order valence-corrected chi connectivity index (χ4v) is 1.17. The second-order valence-electron chi connectivity index (χ2n) is 3.19. The molecular formula is C12H16O3. The highest BCUT2D eigenvalue weighted by Gasteiger charge is 2.04. The van der Waals surface area contributed by atoms with Crippen molar-refractivity contribution in [2.45, 2.75) is 13.0 Å². The summed E-state index contributed by atoms with van der Waals surface area (Å²) >= 11 is 0. The molecule has 0 fully saturated rings. The van der Waals surface area contributed by atoms with E-state index in [9.17, 15) is 0 Å². The highest BCUT2D eigenvalue weighted by Crippen LogP contribution is 2.19. The van der Waals surface area contributed by atoms with Crippen LogP contribution >= 0.6 is 0 Å². The van der Waals surface area contributed by atoms with Gasteiger partial charge < -0.3 is 14.9 Å². The summed E-state index contributed by atoms with van der Waals surface area (Å²) in [6.07, 6.45) is 3.02. The third-order valence-electron chi connectivity index (χ3n) is 1.91. The Kier molecular flexibility index (Phi) is 4.87. The van der Waals surface area contributed by atoms with E-state index < -0.39 is 6.10 Å². The van der Waals surface area contributed by atoms with Gasteiger partial charge in [0.2, 0.25) is 0 Å². The summed E-state index contributed by atoms with van der Waals surface area (Å²) in [5.41, 5.74) is 0.963. The first kappa shape index (κ1) is 11.8. The molecule has 0 bridgehead atoms. The lowest BCUT2D eigenvalue weighted by Gasteiger charge is -2.11. The van der Waals surface area contributed by atoms with E-state index in [1.165, 1.54) is 0 Å². The van der Waals surface area contributed by atoms with Crippen molar-refractivity contribution in [1.29, 1.82) is 0 Å². The lowest BCUT2D eigenvalue weighted by atomic mass is 10.2. The van der Waals surface area contributed by atoms with Gasteiger partial charge in [0, 0.05) is 5.56 Å². The van der Waals surface area contributed by atoms with Crippen molar-refractivity contribution >= 4 is 6.08 Å². The van der Waals surface area contributed by atoms with Crippen molar-refractivity contribution in [2.24, 2.45) is 0 Å². The number of aliphatic hydroxyl groups excluding tert-OH is 2. The van der Waals surface area contributed by atoms with Crippen molar-refractivity contribution in [2.75, 3.05) is 13.2 Å². The fraction of sp³-hybridized carbons (Fsp3) is 0.333. The lowest BCUT2D eigenvalue weighted by Crippen LogP contribution is -2.21. The first-order valence-electron chi connectivity index (χ1n) is 4.91. The van der Waals surface area contributed by atoms with E-state index in [1.807, 2.05) is 43.3 Å². The summed E-state index contributed by atoms with van der Waals surface area (Å²) in [4.78, 5) is 0. The second kappa shape index (κ2) is 6.22. The first-order valence-corrected chi connectivity index (χ1v) is 4.91. The average Bonchev–Trinajstić information content (AvgIpc) is 2.28. The van der Waals surface area contributed by atoms with E-state index in [-0.39, 0.29) is 13.2 Å². The van der Waals surface area contributed by atoms with E-state index in [0.717, 1.165) is 5.56 Å². The minimum atomic E-state index is -0.830. The summed E-state index contributed by atoms with van der Waals surface area (Å²) in [6.45, 7) is 1.75. The minimum absolute atomic E-state index is 0.102. The van der Waals surface area contributed by atoms with Crippen LogP contribution in [0.25, 0.3) is 6.08 Å². The molecule has 15 heavy (non-hydrogen) atoms. The van der Waals surface area contributed by atoms with Gasteiger partial charge in [0.1, 0.15) is 18.5 Å². The quantitative estimate of drug-likeness (QED) is 0.770. The zero-order valence-electron chi connectivity index (χ0n) is 8.76. The molecule has 0 amide bonds. The van der Waals surface area contributed by atoms with Crippen LogP contribution in [0.5, 0.6) is 5.75 Å². The number of hydrogen-bond donors (Lipinski definition) is 2. The van der Waals surface area contributed by atoms with Gasteiger partial charge in [0.05, 0.1) is 6.61 Å². The SMILES string of the molecule is CC=Cc1ccccc1OCC(O)CO. The maximum absolute atomic E-state index is 9.15. The highest BCUT2D eigenvalue weighted by atomic mass is 16.5. The van der Waals surface area contributed by atoms with Gasteiger partial charge in [-0.15, -0.1) is 0 Å². The molecule has 0 saturated heterocycles. The predicted molar refractivity (Wildman–Crippen MR) is 59.7 cm³/mol. The molecule has 1 aromatic rings. The summed E-state index contributed by atoms with van der Waals surface area (Å²) in [7, 11) is 0. The van der Waals surface area contributed by atoms with Gasteiger partial charge in [-0.05, 0) is 13.0 Å². The number of para-hydroxylation sites is 1. The Morgan fingerprint density at radius 3 is 2.80 bits per heavy atom. The van der Waals surface area contributed by atoms with Crippen LogP contribution in [0.3, 0.4) is 0 Å². The zero-order chi connectivity index (χ0) is 11.1. The Labute approximate surface area is 89.6 Å². The van der Waals surface area contributed by atoms with Crippen LogP contribution in [-0.2, 0) is 0 Å². The molecule has 1 aromatic carbocycles. The van der Waals surface area contributed by atoms with Gasteiger partial charge in [-0.3, -0.25) is 0 Å². The van der Waals surface area contributed by atoms with Crippen molar-refractivity contribution < 1.29 is 14.9 Å². The summed E-state index contributed by atoms with van der Waals surface area (Å²) in [6, 6.07) is 7.55. The van der Waals surface area contributed by atoms with Gasteiger partial charge in [-0.1, -0.05) is 30.4 Å². The Hall–Kier alpha value is -1.32. The molecule has 3 heteroatoms. The Balaban J connectivity index is 2.67. The van der Waals surface area contributed by atoms with Gasteiger partial charge in [0.15, 0.2) is 0 Å². The van der Waals surface area contributed by atoms with Gasteiger partial charge in [-0.25, -0.2) is 0 Å². The van der Waals surface area contributed by atoms with Crippen LogP contribution in [0.15, 0.2) is 30.3 Å². The van der Waals surface area contributed by atoms with Crippen molar-refractivity contribution in [1.82, 2.24) is 0 Å². The maximum atomic E-state index is 9.15. The van der Waals surface area contributed by atoms with Gasteiger partial charge in [-0.2, -0.15) is 0 Å². The van der Waals surface area contributed by atoms with Gasteiger partial charge in [0.25, 0.3) is 0 Å². The molecule has 0 aliphatic carbocycles. The number of rotatable bonds is 5. The molecular weight excluding hydrogens is 192 g/mol. The van der Waals surface area contributed by atoms with E-state index in [0.29, 0.717) is 5.75 Å². The predicted octanol–water partition coefficient (Wildman–Crippen LogP) is 1.45. The Morgan fingerprint density at radius 1 is 1.40 bits per heavy atom. The van der Waals surface area contributed by atoms with Crippen LogP contribution in [-0.4, -0.2) is 29.5 Å². The number of benzene rings is 1. The van der Waals surface area contributed by atoms with Gasteiger partial charge >= 0.3 is 0 Å². The van der Waals surface area contributed by atoms with E-state index in [2.05, 4.69) is 0 Å². The third kappa shape index (κ3) is 3.73. The molecule has 0 aliphatic heterocycles. The van der Waals surface area contributed by atoms with E-state index >= 15 is 0 Å². The summed E-state index contributed by atoms with van der Waals surface area (Å²) in [5, 5.41) is 17.8. The van der Waals surface area contributed by atoms with Crippen LogP contribution in [0, 0.1) is 0 Å². The summed E-state index contributed by atoms with van der Waals surface area (Å²) in [5.74, 6) is 0.711. The Bertz CT molecular complexity index is 320. The van der Waals surface area contributed by atoms with Crippen LogP contribution in [0.2, 0.25) is 0 Å². The molecule has 0 aromatic heterocycles. The monoisotopic (exact) mass is 208 g/mol. The first-order chi connectivity index (χ1) is 7.27. The standard InChI is InChI=1S/C12H16O3/c1-2-5-10-6-3-4-7-12(10)15-9-11(14)8-13/h2-7,11,13-14H,8-9H2,1H3. The van der Waals surface area contributed by atoms with Crippen LogP contribution < -0.4 is 4.74 Å². The molecule has 1 atom stereocenters. The molecule has 0 radical (unpaired) electrons. The van der Waals surface area contributed by atoms with E-state index in [4.69, 9.17) is 14.9 Å². The number of aliphatic hydroxyl groups is 2.